The Morgan fingerprint density at radius 3 is 2.82 bits per heavy atom. The Kier molecular flexibility index (Phi) is 5.13. The van der Waals surface area contributed by atoms with Crippen molar-refractivity contribution in [2.75, 3.05) is 11.9 Å². The van der Waals surface area contributed by atoms with Gasteiger partial charge in [-0.2, -0.15) is 0 Å². The number of hydrogen-bond donors (Lipinski definition) is 2. The molecule has 1 rings (SSSR count). The highest BCUT2D eigenvalue weighted by atomic mass is 16.1. The van der Waals surface area contributed by atoms with Gasteiger partial charge < -0.3 is 10.6 Å². The van der Waals surface area contributed by atoms with Gasteiger partial charge in [0.1, 0.15) is 11.5 Å². The van der Waals surface area contributed by atoms with Gasteiger partial charge in [0.05, 0.1) is 12.4 Å². The minimum absolute atomic E-state index is 0.142. The SMILES string of the molecule is C=CCNc1cnc(C(=O)NC(C)CC)cn1. The second-order valence-electron chi connectivity index (χ2n) is 3.74. The van der Waals surface area contributed by atoms with Crippen LogP contribution in [0.25, 0.3) is 0 Å². The van der Waals surface area contributed by atoms with Crippen molar-refractivity contribution < 1.29 is 4.79 Å². The molecule has 1 atom stereocenters. The lowest BCUT2D eigenvalue weighted by Gasteiger charge is -2.10. The Morgan fingerprint density at radius 1 is 1.53 bits per heavy atom. The van der Waals surface area contributed by atoms with Crippen molar-refractivity contribution >= 4 is 11.7 Å². The number of amides is 1. The van der Waals surface area contributed by atoms with E-state index in [9.17, 15) is 4.79 Å². The lowest BCUT2D eigenvalue weighted by Crippen LogP contribution is -2.32. The van der Waals surface area contributed by atoms with E-state index in [2.05, 4.69) is 27.2 Å². The van der Waals surface area contributed by atoms with Crippen LogP contribution >= 0.6 is 0 Å². The molecule has 0 bridgehead atoms. The normalized spacial score (nSPS) is 11.6. The Bertz CT molecular complexity index is 375. The molecule has 0 aliphatic heterocycles. The lowest BCUT2D eigenvalue weighted by molar-refractivity contribution is 0.0934. The first-order valence-electron chi connectivity index (χ1n) is 5.65. The average molecular weight is 234 g/mol. The summed E-state index contributed by atoms with van der Waals surface area (Å²) in [6, 6.07) is 0.142. The summed E-state index contributed by atoms with van der Waals surface area (Å²) in [4.78, 5) is 19.8. The third-order valence-electron chi connectivity index (χ3n) is 2.30. The Hall–Kier alpha value is -1.91. The summed E-state index contributed by atoms with van der Waals surface area (Å²) in [6.45, 7) is 8.17. The van der Waals surface area contributed by atoms with E-state index in [-0.39, 0.29) is 11.9 Å². The van der Waals surface area contributed by atoms with Gasteiger partial charge in [-0.25, -0.2) is 9.97 Å². The van der Waals surface area contributed by atoms with Gasteiger partial charge in [-0.05, 0) is 13.3 Å². The van der Waals surface area contributed by atoms with E-state index >= 15 is 0 Å². The Morgan fingerprint density at radius 2 is 2.29 bits per heavy atom. The van der Waals surface area contributed by atoms with Crippen LogP contribution in [-0.4, -0.2) is 28.5 Å². The van der Waals surface area contributed by atoms with Gasteiger partial charge >= 0.3 is 0 Å². The number of nitrogens with one attached hydrogen (secondary N) is 2. The number of nitrogens with zero attached hydrogens (tertiary/aromatic N) is 2. The Balaban J connectivity index is 2.60. The van der Waals surface area contributed by atoms with Crippen LogP contribution < -0.4 is 10.6 Å². The molecule has 1 aromatic heterocycles. The predicted octanol–water partition coefficient (Wildman–Crippen LogP) is 1.60. The molecule has 0 aromatic carbocycles. The second kappa shape index (κ2) is 6.62. The standard InChI is InChI=1S/C12H18N4O/c1-4-6-13-11-8-14-10(7-15-11)12(17)16-9(3)5-2/h4,7-9H,1,5-6H2,2-3H3,(H,13,15)(H,16,17). The van der Waals surface area contributed by atoms with Crippen LogP contribution in [0.5, 0.6) is 0 Å². The molecule has 2 N–H and O–H groups in total. The van der Waals surface area contributed by atoms with Crippen molar-refractivity contribution in [2.45, 2.75) is 26.3 Å². The van der Waals surface area contributed by atoms with Gasteiger partial charge in [0, 0.05) is 12.6 Å². The summed E-state index contributed by atoms with van der Waals surface area (Å²) in [6.07, 6.45) is 5.61. The largest absolute Gasteiger partial charge is 0.365 e. The lowest BCUT2D eigenvalue weighted by atomic mass is 10.2. The van der Waals surface area contributed by atoms with E-state index in [0.717, 1.165) is 6.42 Å². The minimum atomic E-state index is -0.192. The molecule has 1 amide bonds. The van der Waals surface area contributed by atoms with Crippen molar-refractivity contribution in [1.29, 1.82) is 0 Å². The maximum atomic E-state index is 11.7. The summed E-state index contributed by atoms with van der Waals surface area (Å²) < 4.78 is 0. The fraction of sp³-hybridized carbons (Fsp3) is 0.417. The molecule has 1 heterocycles. The van der Waals surface area contributed by atoms with Gasteiger partial charge in [-0.15, -0.1) is 6.58 Å². The van der Waals surface area contributed by atoms with E-state index in [1.54, 1.807) is 6.08 Å². The summed E-state index contributed by atoms with van der Waals surface area (Å²) >= 11 is 0. The number of hydrogen-bond acceptors (Lipinski definition) is 4. The fourth-order valence-electron chi connectivity index (χ4n) is 1.11. The van der Waals surface area contributed by atoms with Crippen LogP contribution in [0.3, 0.4) is 0 Å². The van der Waals surface area contributed by atoms with Crippen LogP contribution in [0.1, 0.15) is 30.8 Å². The third kappa shape index (κ3) is 4.22. The van der Waals surface area contributed by atoms with Gasteiger partial charge in [0.15, 0.2) is 0 Å². The van der Waals surface area contributed by atoms with Crippen molar-refractivity contribution in [3.63, 3.8) is 0 Å². The number of anilines is 1. The molecule has 5 heteroatoms. The van der Waals surface area contributed by atoms with Gasteiger partial charge in [-0.1, -0.05) is 13.0 Å². The quantitative estimate of drug-likeness (QED) is 0.734. The van der Waals surface area contributed by atoms with E-state index in [1.165, 1.54) is 12.4 Å². The maximum absolute atomic E-state index is 11.7. The van der Waals surface area contributed by atoms with Crippen LogP contribution in [0.2, 0.25) is 0 Å². The Labute approximate surface area is 101 Å². The molecule has 17 heavy (non-hydrogen) atoms. The van der Waals surface area contributed by atoms with Crippen LogP contribution in [0.15, 0.2) is 25.0 Å². The molecule has 1 unspecified atom stereocenters. The summed E-state index contributed by atoms with van der Waals surface area (Å²) in [5.74, 6) is 0.437. The topological polar surface area (TPSA) is 66.9 Å². The third-order valence-corrected chi connectivity index (χ3v) is 2.30. The van der Waals surface area contributed by atoms with Crippen molar-refractivity contribution in [2.24, 2.45) is 0 Å². The highest BCUT2D eigenvalue weighted by Crippen LogP contribution is 2.01. The molecule has 0 aliphatic rings. The second-order valence-corrected chi connectivity index (χ2v) is 3.74. The monoisotopic (exact) mass is 234 g/mol. The zero-order chi connectivity index (χ0) is 12.7. The van der Waals surface area contributed by atoms with Crippen LogP contribution in [0, 0.1) is 0 Å². The van der Waals surface area contributed by atoms with E-state index in [4.69, 9.17) is 0 Å². The summed E-state index contributed by atoms with van der Waals surface area (Å²) in [7, 11) is 0. The van der Waals surface area contributed by atoms with Crippen molar-refractivity contribution in [3.8, 4) is 0 Å². The van der Waals surface area contributed by atoms with Crippen LogP contribution in [-0.2, 0) is 0 Å². The highest BCUT2D eigenvalue weighted by Gasteiger charge is 2.09. The molecule has 1 aromatic rings. The first-order chi connectivity index (χ1) is 8.17. The minimum Gasteiger partial charge on any atom is -0.365 e. The molecule has 0 radical (unpaired) electrons. The molecule has 0 spiro atoms. The zero-order valence-electron chi connectivity index (χ0n) is 10.2. The smallest absolute Gasteiger partial charge is 0.271 e. The highest BCUT2D eigenvalue weighted by molar-refractivity contribution is 5.92. The van der Waals surface area contributed by atoms with Crippen molar-refractivity contribution in [3.05, 3.63) is 30.7 Å². The summed E-state index contributed by atoms with van der Waals surface area (Å²) in [5, 5.41) is 5.82. The first-order valence-corrected chi connectivity index (χ1v) is 5.65. The van der Waals surface area contributed by atoms with E-state index in [1.807, 2.05) is 13.8 Å². The number of carbonyl (C=O) groups is 1. The van der Waals surface area contributed by atoms with Gasteiger partial charge in [0.25, 0.3) is 5.91 Å². The van der Waals surface area contributed by atoms with E-state index in [0.29, 0.717) is 18.1 Å². The maximum Gasteiger partial charge on any atom is 0.271 e. The molecule has 0 saturated carbocycles. The molecular weight excluding hydrogens is 216 g/mol. The predicted molar refractivity (Wildman–Crippen MR) is 67.9 cm³/mol. The molecule has 5 nitrogen and oxygen atoms in total. The first kappa shape index (κ1) is 13.2. The summed E-state index contributed by atoms with van der Waals surface area (Å²) in [5.41, 5.74) is 0.328. The van der Waals surface area contributed by atoms with Crippen LogP contribution in [0.4, 0.5) is 5.82 Å². The van der Waals surface area contributed by atoms with Gasteiger partial charge in [0.2, 0.25) is 0 Å². The van der Waals surface area contributed by atoms with Gasteiger partial charge in [-0.3, -0.25) is 4.79 Å². The number of rotatable bonds is 6. The number of aromatic nitrogens is 2. The fourth-order valence-corrected chi connectivity index (χ4v) is 1.11. The molecule has 0 fully saturated rings. The molecular formula is C12H18N4O. The van der Waals surface area contributed by atoms with E-state index < -0.39 is 0 Å². The molecule has 0 aliphatic carbocycles. The molecule has 0 saturated heterocycles. The zero-order valence-corrected chi connectivity index (χ0v) is 10.2. The molecule has 92 valence electrons. The average Bonchev–Trinajstić information content (AvgIpc) is 2.36. The number of carbonyl (C=O) groups excluding carboxylic acids is 1. The van der Waals surface area contributed by atoms with Crippen molar-refractivity contribution in [1.82, 2.24) is 15.3 Å².